The van der Waals surface area contributed by atoms with E-state index >= 15 is 0 Å². The summed E-state index contributed by atoms with van der Waals surface area (Å²) < 4.78 is 5.31. The third-order valence-electron chi connectivity index (χ3n) is 3.81. The van der Waals surface area contributed by atoms with Crippen LogP contribution in [0, 0.1) is 19.8 Å². The van der Waals surface area contributed by atoms with Crippen LogP contribution in [0.2, 0.25) is 0 Å². The van der Waals surface area contributed by atoms with Crippen molar-refractivity contribution in [1.82, 2.24) is 20.2 Å². The first-order valence-corrected chi connectivity index (χ1v) is 8.34. The summed E-state index contributed by atoms with van der Waals surface area (Å²) in [4.78, 5) is 35.6. The van der Waals surface area contributed by atoms with Gasteiger partial charge in [-0.05, 0) is 26.7 Å². The third-order valence-corrected chi connectivity index (χ3v) is 3.81. The molecule has 0 aliphatic carbocycles. The number of ether oxygens (including phenoxy) is 1. The molecule has 1 aromatic heterocycles. The number of aromatic nitrogens is 2. The van der Waals surface area contributed by atoms with Crippen LogP contribution >= 0.6 is 0 Å². The number of nitrogens with one attached hydrogen (secondary N) is 1. The lowest BCUT2D eigenvalue weighted by atomic mass is 10.1. The van der Waals surface area contributed by atoms with E-state index in [0.717, 1.165) is 6.54 Å². The van der Waals surface area contributed by atoms with Crippen molar-refractivity contribution in [1.29, 1.82) is 0 Å². The smallest absolute Gasteiger partial charge is 0.342 e. The molecule has 0 bridgehead atoms. The van der Waals surface area contributed by atoms with Gasteiger partial charge in [-0.1, -0.05) is 13.8 Å². The lowest BCUT2D eigenvalue weighted by Gasteiger charge is -2.32. The predicted molar refractivity (Wildman–Crippen MR) is 90.0 cm³/mol. The highest BCUT2D eigenvalue weighted by atomic mass is 16.5. The fourth-order valence-corrected chi connectivity index (χ4v) is 2.69. The maximum atomic E-state index is 12.9. The molecule has 0 aromatic carbocycles. The van der Waals surface area contributed by atoms with E-state index in [9.17, 15) is 9.59 Å². The zero-order valence-corrected chi connectivity index (χ0v) is 15.0. The van der Waals surface area contributed by atoms with Crippen LogP contribution in [0.5, 0.6) is 0 Å². The Morgan fingerprint density at radius 2 is 2.04 bits per heavy atom. The van der Waals surface area contributed by atoms with Gasteiger partial charge in [0.1, 0.15) is 17.1 Å². The van der Waals surface area contributed by atoms with Gasteiger partial charge in [0.05, 0.1) is 12.3 Å². The summed E-state index contributed by atoms with van der Waals surface area (Å²) in [6, 6.07) is 0.211. The number of hydrogen-bond acceptors (Lipinski definition) is 6. The molecule has 1 amide bonds. The Bertz CT molecular complexity index is 631. The van der Waals surface area contributed by atoms with E-state index in [1.54, 1.807) is 18.7 Å². The van der Waals surface area contributed by atoms with Crippen molar-refractivity contribution in [3.8, 4) is 0 Å². The molecule has 7 heteroatoms. The zero-order chi connectivity index (χ0) is 17.9. The van der Waals surface area contributed by atoms with Crippen LogP contribution in [-0.2, 0) is 4.74 Å². The van der Waals surface area contributed by atoms with Crippen molar-refractivity contribution in [2.45, 2.75) is 40.7 Å². The van der Waals surface area contributed by atoms with Gasteiger partial charge in [0.25, 0.3) is 5.91 Å². The number of nitrogens with zero attached hydrogens (tertiary/aromatic N) is 3. The van der Waals surface area contributed by atoms with Crippen LogP contribution in [-0.4, -0.2) is 59.0 Å². The summed E-state index contributed by atoms with van der Waals surface area (Å²) in [7, 11) is 0. The molecular weight excluding hydrogens is 308 g/mol. The topological polar surface area (TPSA) is 84.4 Å². The molecule has 1 aromatic rings. The Kier molecular flexibility index (Phi) is 5.88. The first-order chi connectivity index (χ1) is 11.3. The van der Waals surface area contributed by atoms with Gasteiger partial charge in [-0.3, -0.25) is 4.79 Å². The van der Waals surface area contributed by atoms with Crippen LogP contribution in [0.1, 0.15) is 53.1 Å². The Morgan fingerprint density at radius 1 is 1.33 bits per heavy atom. The summed E-state index contributed by atoms with van der Waals surface area (Å²) in [6.45, 7) is 11.6. The highest BCUT2D eigenvalue weighted by Gasteiger charge is 2.29. The second-order valence-corrected chi connectivity index (χ2v) is 6.68. The van der Waals surface area contributed by atoms with Gasteiger partial charge in [-0.25, -0.2) is 14.8 Å². The van der Waals surface area contributed by atoms with Crippen molar-refractivity contribution in [3.63, 3.8) is 0 Å². The molecule has 1 aliphatic heterocycles. The number of amides is 1. The maximum Gasteiger partial charge on any atom is 0.342 e. The number of hydrogen-bond donors (Lipinski definition) is 1. The van der Waals surface area contributed by atoms with E-state index in [2.05, 4.69) is 15.3 Å². The Balaban J connectivity index is 2.33. The molecule has 1 N–H and O–H groups in total. The molecule has 1 fully saturated rings. The van der Waals surface area contributed by atoms with Crippen molar-refractivity contribution in [2.75, 3.05) is 26.2 Å². The van der Waals surface area contributed by atoms with Gasteiger partial charge in [0.2, 0.25) is 0 Å². The third kappa shape index (κ3) is 4.29. The molecule has 24 heavy (non-hydrogen) atoms. The first kappa shape index (κ1) is 18.3. The molecule has 1 atom stereocenters. The summed E-state index contributed by atoms with van der Waals surface area (Å²) in [5, 5.41) is 3.29. The molecule has 1 unspecified atom stereocenters. The minimum absolute atomic E-state index is 0.142. The number of aryl methyl sites for hydroxylation is 2. The van der Waals surface area contributed by atoms with Crippen molar-refractivity contribution in [3.05, 3.63) is 22.8 Å². The minimum Gasteiger partial charge on any atom is -0.462 e. The predicted octanol–water partition coefficient (Wildman–Crippen LogP) is 1.34. The van der Waals surface area contributed by atoms with Gasteiger partial charge >= 0.3 is 5.97 Å². The van der Waals surface area contributed by atoms with Gasteiger partial charge < -0.3 is 15.0 Å². The molecule has 0 saturated carbocycles. The number of esters is 1. The normalized spacial score (nSPS) is 17.9. The maximum absolute atomic E-state index is 12.9. The van der Waals surface area contributed by atoms with E-state index < -0.39 is 5.97 Å². The van der Waals surface area contributed by atoms with Crippen LogP contribution in [0.4, 0.5) is 0 Å². The van der Waals surface area contributed by atoms with Crippen molar-refractivity contribution >= 4 is 11.9 Å². The summed E-state index contributed by atoms with van der Waals surface area (Å²) in [5.74, 6) is -0.0885. The average molecular weight is 334 g/mol. The average Bonchev–Trinajstić information content (AvgIpc) is 2.51. The quantitative estimate of drug-likeness (QED) is 0.837. The van der Waals surface area contributed by atoms with Gasteiger partial charge in [0, 0.05) is 25.7 Å². The monoisotopic (exact) mass is 334 g/mol. The van der Waals surface area contributed by atoms with Crippen LogP contribution < -0.4 is 5.32 Å². The molecule has 7 nitrogen and oxygen atoms in total. The van der Waals surface area contributed by atoms with Gasteiger partial charge in [0.15, 0.2) is 0 Å². The molecule has 0 radical (unpaired) electrons. The second-order valence-electron chi connectivity index (χ2n) is 6.68. The SMILES string of the molecule is Cc1nc(C)c(C(=O)OCC(C)C)c(C(=O)N2CCNC(C)C2)n1. The van der Waals surface area contributed by atoms with Crippen molar-refractivity contribution < 1.29 is 14.3 Å². The second kappa shape index (κ2) is 7.70. The molecule has 2 heterocycles. The fraction of sp³-hybridized carbons (Fsp3) is 0.647. The molecule has 1 saturated heterocycles. The van der Waals surface area contributed by atoms with E-state index in [1.807, 2.05) is 20.8 Å². The lowest BCUT2D eigenvalue weighted by Crippen LogP contribution is -2.51. The van der Waals surface area contributed by atoms with E-state index in [1.165, 1.54) is 0 Å². The highest BCUT2D eigenvalue weighted by Crippen LogP contribution is 2.16. The number of rotatable bonds is 4. The first-order valence-electron chi connectivity index (χ1n) is 8.34. The van der Waals surface area contributed by atoms with Gasteiger partial charge in [-0.15, -0.1) is 0 Å². The summed E-state index contributed by atoms with van der Waals surface area (Å²) in [6.07, 6.45) is 0. The number of carbonyl (C=O) groups excluding carboxylic acids is 2. The number of carbonyl (C=O) groups is 2. The summed E-state index contributed by atoms with van der Waals surface area (Å²) >= 11 is 0. The van der Waals surface area contributed by atoms with E-state index in [-0.39, 0.29) is 29.1 Å². The minimum atomic E-state index is -0.535. The standard InChI is InChI=1S/C17H26N4O3/c1-10(2)9-24-17(23)14-12(4)19-13(5)20-15(14)16(22)21-7-6-18-11(3)8-21/h10-11,18H,6-9H2,1-5H3. The molecule has 2 rings (SSSR count). The van der Waals surface area contributed by atoms with E-state index in [4.69, 9.17) is 4.74 Å². The Hall–Kier alpha value is -2.02. The molecular formula is C17H26N4O3. The lowest BCUT2D eigenvalue weighted by molar-refractivity contribution is 0.0449. The Labute approximate surface area is 142 Å². The molecule has 0 spiro atoms. The largest absolute Gasteiger partial charge is 0.462 e. The summed E-state index contributed by atoms with van der Waals surface area (Å²) in [5.41, 5.74) is 0.795. The Morgan fingerprint density at radius 3 is 2.67 bits per heavy atom. The van der Waals surface area contributed by atoms with Crippen LogP contribution in [0.25, 0.3) is 0 Å². The molecule has 132 valence electrons. The van der Waals surface area contributed by atoms with Crippen LogP contribution in [0.15, 0.2) is 0 Å². The van der Waals surface area contributed by atoms with Gasteiger partial charge in [-0.2, -0.15) is 0 Å². The highest BCUT2D eigenvalue weighted by molar-refractivity contribution is 6.04. The van der Waals surface area contributed by atoms with E-state index in [0.29, 0.717) is 31.2 Å². The zero-order valence-electron chi connectivity index (χ0n) is 15.0. The number of piperazine rings is 1. The fourth-order valence-electron chi connectivity index (χ4n) is 2.69. The van der Waals surface area contributed by atoms with Crippen LogP contribution in [0.3, 0.4) is 0 Å². The molecule has 1 aliphatic rings. The van der Waals surface area contributed by atoms with Crippen molar-refractivity contribution in [2.24, 2.45) is 5.92 Å².